The van der Waals surface area contributed by atoms with Gasteiger partial charge in [0.2, 0.25) is 0 Å². The van der Waals surface area contributed by atoms with Crippen LogP contribution in [0.1, 0.15) is 29.7 Å². The fourth-order valence-electron chi connectivity index (χ4n) is 2.24. The summed E-state index contributed by atoms with van der Waals surface area (Å²) in [7, 11) is 0. The van der Waals surface area contributed by atoms with E-state index in [0.717, 1.165) is 22.3 Å². The predicted octanol–water partition coefficient (Wildman–Crippen LogP) is 3.39. The summed E-state index contributed by atoms with van der Waals surface area (Å²) < 4.78 is 16.0. The first-order valence-corrected chi connectivity index (χ1v) is 7.61. The second-order valence-corrected chi connectivity index (χ2v) is 6.29. The average molecular weight is 338 g/mol. The highest BCUT2D eigenvalue weighted by Crippen LogP contribution is 2.20. The van der Waals surface area contributed by atoms with Crippen LogP contribution in [0.5, 0.6) is 0 Å². The van der Waals surface area contributed by atoms with Crippen LogP contribution in [0.15, 0.2) is 28.9 Å². The van der Waals surface area contributed by atoms with Crippen molar-refractivity contribution in [3.05, 3.63) is 51.5 Å². The Bertz CT molecular complexity index is 599. The van der Waals surface area contributed by atoms with E-state index in [9.17, 15) is 4.39 Å². The molecular formula is C15H17BrFN3. The highest BCUT2D eigenvalue weighted by molar-refractivity contribution is 9.10. The van der Waals surface area contributed by atoms with Gasteiger partial charge in [-0.15, -0.1) is 0 Å². The molecule has 2 aromatic rings. The van der Waals surface area contributed by atoms with Crippen LogP contribution in [0.3, 0.4) is 0 Å². The monoisotopic (exact) mass is 337 g/mol. The van der Waals surface area contributed by atoms with Crippen molar-refractivity contribution in [3.8, 4) is 0 Å². The molecular weight excluding hydrogens is 321 g/mol. The molecule has 1 fully saturated rings. The third-order valence-corrected chi connectivity index (χ3v) is 3.93. The van der Waals surface area contributed by atoms with Crippen molar-refractivity contribution < 1.29 is 4.39 Å². The fourth-order valence-corrected chi connectivity index (χ4v) is 2.76. The number of hydrogen-bond acceptors (Lipinski definition) is 2. The molecule has 5 heteroatoms. The average Bonchev–Trinajstić information content (AvgIpc) is 3.11. The lowest BCUT2D eigenvalue weighted by Gasteiger charge is -2.03. The lowest BCUT2D eigenvalue weighted by Crippen LogP contribution is -2.15. The van der Waals surface area contributed by atoms with Crippen molar-refractivity contribution >= 4 is 15.9 Å². The highest BCUT2D eigenvalue weighted by atomic mass is 79.9. The first-order chi connectivity index (χ1) is 9.60. The van der Waals surface area contributed by atoms with Crippen molar-refractivity contribution in [2.24, 2.45) is 0 Å². The standard InChI is InChI=1S/C15H17BrFN3/c1-10-12(7-18-15-2-3-15)9-20(19-10)8-11-4-13(16)6-14(17)5-11/h4-6,9,15,18H,2-3,7-8H2,1H3. The molecule has 0 saturated heterocycles. The Morgan fingerprint density at radius 1 is 1.40 bits per heavy atom. The van der Waals surface area contributed by atoms with E-state index in [2.05, 4.69) is 26.3 Å². The number of rotatable bonds is 5. The Kier molecular flexibility index (Phi) is 3.89. The van der Waals surface area contributed by atoms with E-state index in [1.54, 1.807) is 6.07 Å². The zero-order valence-corrected chi connectivity index (χ0v) is 13.0. The fraction of sp³-hybridized carbons (Fsp3) is 0.400. The van der Waals surface area contributed by atoms with Gasteiger partial charge in [0.05, 0.1) is 12.2 Å². The zero-order valence-electron chi connectivity index (χ0n) is 11.4. The van der Waals surface area contributed by atoms with Gasteiger partial charge in [0, 0.05) is 28.8 Å². The first kappa shape index (κ1) is 13.8. The Hall–Kier alpha value is -1.20. The van der Waals surface area contributed by atoms with Crippen molar-refractivity contribution in [2.45, 2.75) is 38.9 Å². The van der Waals surface area contributed by atoms with E-state index in [0.29, 0.717) is 12.6 Å². The molecule has 1 aliphatic carbocycles. The lowest BCUT2D eigenvalue weighted by molar-refractivity contribution is 0.617. The van der Waals surface area contributed by atoms with Crippen LogP contribution < -0.4 is 5.32 Å². The normalized spacial score (nSPS) is 14.8. The van der Waals surface area contributed by atoms with Gasteiger partial charge in [-0.1, -0.05) is 15.9 Å². The maximum Gasteiger partial charge on any atom is 0.124 e. The van der Waals surface area contributed by atoms with Crippen molar-refractivity contribution in [1.82, 2.24) is 15.1 Å². The van der Waals surface area contributed by atoms with E-state index in [4.69, 9.17) is 0 Å². The van der Waals surface area contributed by atoms with Crippen molar-refractivity contribution in [2.75, 3.05) is 0 Å². The van der Waals surface area contributed by atoms with Gasteiger partial charge in [0.25, 0.3) is 0 Å². The molecule has 0 atom stereocenters. The van der Waals surface area contributed by atoms with E-state index in [1.807, 2.05) is 23.9 Å². The third-order valence-electron chi connectivity index (χ3n) is 3.47. The summed E-state index contributed by atoms with van der Waals surface area (Å²) in [6, 6.07) is 5.62. The minimum atomic E-state index is -0.228. The Morgan fingerprint density at radius 3 is 2.90 bits per heavy atom. The maximum atomic E-state index is 13.4. The van der Waals surface area contributed by atoms with Gasteiger partial charge in [-0.05, 0) is 43.5 Å². The third kappa shape index (κ3) is 3.46. The smallest absolute Gasteiger partial charge is 0.124 e. The summed E-state index contributed by atoms with van der Waals surface area (Å²) in [4.78, 5) is 0. The molecule has 0 aliphatic heterocycles. The van der Waals surface area contributed by atoms with Gasteiger partial charge in [0.15, 0.2) is 0 Å². The number of aryl methyl sites for hydroxylation is 1. The van der Waals surface area contributed by atoms with Gasteiger partial charge < -0.3 is 5.32 Å². The van der Waals surface area contributed by atoms with Gasteiger partial charge in [-0.2, -0.15) is 5.10 Å². The van der Waals surface area contributed by atoms with E-state index < -0.39 is 0 Å². The van der Waals surface area contributed by atoms with Crippen molar-refractivity contribution in [1.29, 1.82) is 0 Å². The molecule has 0 unspecified atom stereocenters. The van der Waals surface area contributed by atoms with E-state index >= 15 is 0 Å². The summed E-state index contributed by atoms with van der Waals surface area (Å²) in [6.07, 6.45) is 4.61. The Morgan fingerprint density at radius 2 is 2.20 bits per heavy atom. The molecule has 0 spiro atoms. The molecule has 1 heterocycles. The van der Waals surface area contributed by atoms with Crippen LogP contribution in [0.2, 0.25) is 0 Å². The molecule has 0 bridgehead atoms. The first-order valence-electron chi connectivity index (χ1n) is 6.81. The molecule has 1 saturated carbocycles. The summed E-state index contributed by atoms with van der Waals surface area (Å²) in [6.45, 7) is 3.46. The van der Waals surface area contributed by atoms with Gasteiger partial charge >= 0.3 is 0 Å². The van der Waals surface area contributed by atoms with Crippen LogP contribution in [-0.4, -0.2) is 15.8 Å². The molecule has 106 valence electrons. The largest absolute Gasteiger partial charge is 0.310 e. The van der Waals surface area contributed by atoms with Crippen LogP contribution in [0, 0.1) is 12.7 Å². The van der Waals surface area contributed by atoms with Gasteiger partial charge in [-0.25, -0.2) is 4.39 Å². The van der Waals surface area contributed by atoms with Crippen LogP contribution in [0.25, 0.3) is 0 Å². The maximum absolute atomic E-state index is 13.4. The van der Waals surface area contributed by atoms with E-state index in [-0.39, 0.29) is 5.82 Å². The van der Waals surface area contributed by atoms with Crippen molar-refractivity contribution in [3.63, 3.8) is 0 Å². The number of benzene rings is 1. The quantitative estimate of drug-likeness (QED) is 0.906. The second kappa shape index (κ2) is 5.66. The SMILES string of the molecule is Cc1nn(Cc2cc(F)cc(Br)c2)cc1CNC1CC1. The zero-order chi connectivity index (χ0) is 14.1. The molecule has 0 radical (unpaired) electrons. The number of aromatic nitrogens is 2. The van der Waals surface area contributed by atoms with Crippen LogP contribution in [-0.2, 0) is 13.1 Å². The molecule has 1 aromatic heterocycles. The molecule has 20 heavy (non-hydrogen) atoms. The second-order valence-electron chi connectivity index (χ2n) is 5.37. The summed E-state index contributed by atoms with van der Waals surface area (Å²) in [5.41, 5.74) is 3.15. The topological polar surface area (TPSA) is 29.9 Å². The Balaban J connectivity index is 1.71. The molecule has 3 nitrogen and oxygen atoms in total. The number of nitrogens with zero attached hydrogens (tertiary/aromatic N) is 2. The highest BCUT2D eigenvalue weighted by Gasteiger charge is 2.20. The molecule has 1 aromatic carbocycles. The summed E-state index contributed by atoms with van der Waals surface area (Å²) in [5.74, 6) is -0.228. The lowest BCUT2D eigenvalue weighted by atomic mass is 10.2. The molecule has 1 aliphatic rings. The summed E-state index contributed by atoms with van der Waals surface area (Å²) >= 11 is 3.31. The Labute approximate surface area is 126 Å². The van der Waals surface area contributed by atoms with Crippen LogP contribution >= 0.6 is 15.9 Å². The molecule has 3 rings (SSSR count). The molecule has 0 amide bonds. The number of halogens is 2. The molecule has 1 N–H and O–H groups in total. The van der Waals surface area contributed by atoms with Gasteiger partial charge in [0.1, 0.15) is 5.82 Å². The number of hydrogen-bond donors (Lipinski definition) is 1. The minimum absolute atomic E-state index is 0.228. The number of nitrogens with one attached hydrogen (secondary N) is 1. The van der Waals surface area contributed by atoms with E-state index in [1.165, 1.54) is 24.5 Å². The van der Waals surface area contributed by atoms with Gasteiger partial charge in [-0.3, -0.25) is 4.68 Å². The summed E-state index contributed by atoms with van der Waals surface area (Å²) in [5, 5.41) is 7.99. The van der Waals surface area contributed by atoms with Crippen LogP contribution in [0.4, 0.5) is 4.39 Å². The minimum Gasteiger partial charge on any atom is -0.310 e. The predicted molar refractivity (Wildman–Crippen MR) is 80.0 cm³/mol.